The molecule has 1 N–H and O–H groups in total. The molecule has 1 saturated heterocycles. The summed E-state index contributed by atoms with van der Waals surface area (Å²) < 4.78 is 37.3. The van der Waals surface area contributed by atoms with Crippen molar-refractivity contribution in [2.75, 3.05) is 37.6 Å². The van der Waals surface area contributed by atoms with Gasteiger partial charge in [-0.1, -0.05) is 25.2 Å². The molecule has 10 heteroatoms. The standard InChI is InChI=1S/C10H13F3N4O2S.C2H6/c11-10(12,13)8-14-15-9(20-8)17-5-3-16(4-6-17)2-1-7(18)19;1-2/h1-6H2,(H,18,19);1-2H3. The van der Waals surface area contributed by atoms with Crippen LogP contribution in [0.1, 0.15) is 25.3 Å². The van der Waals surface area contributed by atoms with Crippen molar-refractivity contribution in [3.05, 3.63) is 5.01 Å². The van der Waals surface area contributed by atoms with Gasteiger partial charge in [0.2, 0.25) is 10.1 Å². The molecular weight excluding hydrogens is 321 g/mol. The van der Waals surface area contributed by atoms with Crippen molar-refractivity contribution < 1.29 is 23.1 Å². The van der Waals surface area contributed by atoms with E-state index in [9.17, 15) is 18.0 Å². The highest BCUT2D eigenvalue weighted by molar-refractivity contribution is 7.15. The summed E-state index contributed by atoms with van der Waals surface area (Å²) in [5.74, 6) is -0.855. The monoisotopic (exact) mass is 340 g/mol. The lowest BCUT2D eigenvalue weighted by molar-refractivity contribution is -0.138. The molecular formula is C12H19F3N4O2S. The van der Waals surface area contributed by atoms with Gasteiger partial charge in [0.1, 0.15) is 0 Å². The van der Waals surface area contributed by atoms with Crippen molar-refractivity contribution in [1.29, 1.82) is 0 Å². The molecule has 0 amide bonds. The fourth-order valence-electron chi connectivity index (χ4n) is 1.87. The third-order valence-electron chi connectivity index (χ3n) is 2.94. The number of aliphatic carboxylic acids is 1. The van der Waals surface area contributed by atoms with Gasteiger partial charge in [-0.3, -0.25) is 9.69 Å². The maximum Gasteiger partial charge on any atom is 0.445 e. The van der Waals surface area contributed by atoms with E-state index in [2.05, 4.69) is 10.2 Å². The Morgan fingerprint density at radius 3 is 2.27 bits per heavy atom. The van der Waals surface area contributed by atoms with Crippen molar-refractivity contribution in [2.45, 2.75) is 26.4 Å². The summed E-state index contributed by atoms with van der Waals surface area (Å²) in [6.45, 7) is 6.70. The number of hydrogen-bond donors (Lipinski definition) is 1. The maximum absolute atomic E-state index is 12.4. The Bertz CT molecular complexity index is 473. The number of anilines is 1. The van der Waals surface area contributed by atoms with Crippen LogP contribution < -0.4 is 4.90 Å². The predicted molar refractivity (Wildman–Crippen MR) is 77.2 cm³/mol. The molecule has 0 spiro atoms. The number of aromatic nitrogens is 2. The minimum absolute atomic E-state index is 0.0665. The third-order valence-corrected chi connectivity index (χ3v) is 3.97. The van der Waals surface area contributed by atoms with Crippen molar-refractivity contribution >= 4 is 22.4 Å². The number of piperazine rings is 1. The molecule has 1 aliphatic rings. The molecule has 0 radical (unpaired) electrons. The van der Waals surface area contributed by atoms with Gasteiger partial charge in [-0.2, -0.15) is 13.2 Å². The summed E-state index contributed by atoms with van der Waals surface area (Å²) in [5, 5.41) is 14.6. The maximum atomic E-state index is 12.4. The van der Waals surface area contributed by atoms with Crippen LogP contribution in [0.4, 0.5) is 18.3 Å². The molecule has 1 aromatic rings. The summed E-state index contributed by atoms with van der Waals surface area (Å²) in [7, 11) is 0. The fourth-order valence-corrected chi connectivity index (χ4v) is 2.64. The Morgan fingerprint density at radius 1 is 1.23 bits per heavy atom. The molecule has 22 heavy (non-hydrogen) atoms. The van der Waals surface area contributed by atoms with E-state index in [1.165, 1.54) is 0 Å². The average molecular weight is 340 g/mol. The van der Waals surface area contributed by atoms with Crippen LogP contribution in [0.15, 0.2) is 0 Å². The smallest absolute Gasteiger partial charge is 0.445 e. The number of carboxylic acids is 1. The van der Waals surface area contributed by atoms with Crippen LogP contribution in [0, 0.1) is 0 Å². The van der Waals surface area contributed by atoms with E-state index in [-0.39, 0.29) is 11.6 Å². The highest BCUT2D eigenvalue weighted by Gasteiger charge is 2.36. The molecule has 1 aliphatic heterocycles. The molecule has 0 saturated carbocycles. The molecule has 126 valence electrons. The van der Waals surface area contributed by atoms with Gasteiger partial charge in [-0.15, -0.1) is 10.2 Å². The average Bonchev–Trinajstić information content (AvgIpc) is 2.98. The van der Waals surface area contributed by atoms with Gasteiger partial charge in [0, 0.05) is 32.7 Å². The van der Waals surface area contributed by atoms with Gasteiger partial charge < -0.3 is 10.0 Å². The van der Waals surface area contributed by atoms with Gasteiger partial charge in [-0.25, -0.2) is 0 Å². The first kappa shape index (κ1) is 18.6. The second-order valence-corrected chi connectivity index (χ2v) is 5.32. The minimum atomic E-state index is -4.46. The second kappa shape index (κ2) is 8.28. The van der Waals surface area contributed by atoms with Crippen molar-refractivity contribution in [3.8, 4) is 0 Å². The summed E-state index contributed by atoms with van der Waals surface area (Å²) in [6, 6.07) is 0. The summed E-state index contributed by atoms with van der Waals surface area (Å²) in [6.07, 6.45) is -4.39. The quantitative estimate of drug-likeness (QED) is 0.906. The van der Waals surface area contributed by atoms with Gasteiger partial charge in [0.05, 0.1) is 6.42 Å². The SMILES string of the molecule is CC.O=C(O)CCN1CCN(c2nnc(C(F)(F)F)s2)CC1. The van der Waals surface area contributed by atoms with E-state index in [1.54, 1.807) is 4.90 Å². The molecule has 2 heterocycles. The number of hydrogen-bond acceptors (Lipinski definition) is 6. The zero-order valence-corrected chi connectivity index (χ0v) is 13.2. The molecule has 1 aromatic heterocycles. The number of carbonyl (C=O) groups is 1. The van der Waals surface area contributed by atoms with E-state index in [1.807, 2.05) is 18.7 Å². The van der Waals surface area contributed by atoms with Crippen LogP contribution in [-0.2, 0) is 11.0 Å². The summed E-state index contributed by atoms with van der Waals surface area (Å²) in [5.41, 5.74) is 0. The van der Waals surface area contributed by atoms with E-state index in [4.69, 9.17) is 5.11 Å². The molecule has 0 bridgehead atoms. The predicted octanol–water partition coefficient (Wildman–Crippen LogP) is 2.18. The zero-order valence-electron chi connectivity index (χ0n) is 12.4. The molecule has 1 fully saturated rings. The van der Waals surface area contributed by atoms with Crippen LogP contribution in [0.5, 0.6) is 0 Å². The summed E-state index contributed by atoms with van der Waals surface area (Å²) in [4.78, 5) is 14.2. The van der Waals surface area contributed by atoms with E-state index < -0.39 is 17.2 Å². The first-order valence-electron chi connectivity index (χ1n) is 6.96. The third kappa shape index (κ3) is 5.41. The topological polar surface area (TPSA) is 69.6 Å². The van der Waals surface area contributed by atoms with Crippen LogP contribution in [-0.4, -0.2) is 58.9 Å². The van der Waals surface area contributed by atoms with Crippen molar-refractivity contribution in [2.24, 2.45) is 0 Å². The number of carboxylic acid groups (broad SMARTS) is 1. The molecule has 0 aliphatic carbocycles. The molecule has 6 nitrogen and oxygen atoms in total. The Morgan fingerprint density at radius 2 is 1.82 bits per heavy atom. The number of nitrogens with zero attached hydrogens (tertiary/aromatic N) is 4. The van der Waals surface area contributed by atoms with Gasteiger partial charge in [0.15, 0.2) is 0 Å². The second-order valence-electron chi connectivity index (χ2n) is 4.36. The molecule has 0 unspecified atom stereocenters. The first-order chi connectivity index (χ1) is 10.4. The number of halogens is 3. The molecule has 0 aromatic carbocycles. The number of alkyl halides is 3. The Kier molecular flexibility index (Phi) is 7.01. The highest BCUT2D eigenvalue weighted by Crippen LogP contribution is 2.34. The summed E-state index contributed by atoms with van der Waals surface area (Å²) >= 11 is 0.532. The largest absolute Gasteiger partial charge is 0.481 e. The Hall–Kier alpha value is -1.42. The van der Waals surface area contributed by atoms with E-state index in [0.717, 1.165) is 0 Å². The number of rotatable bonds is 4. The zero-order chi connectivity index (χ0) is 16.8. The van der Waals surface area contributed by atoms with Crippen molar-refractivity contribution in [3.63, 3.8) is 0 Å². The Balaban J connectivity index is 0.00000116. The molecule has 0 atom stereocenters. The van der Waals surface area contributed by atoms with E-state index >= 15 is 0 Å². The Labute approximate surface area is 130 Å². The fraction of sp³-hybridized carbons (Fsp3) is 0.750. The van der Waals surface area contributed by atoms with Crippen LogP contribution in [0.3, 0.4) is 0 Å². The van der Waals surface area contributed by atoms with Crippen molar-refractivity contribution in [1.82, 2.24) is 15.1 Å². The molecule has 2 rings (SSSR count). The normalized spacial score (nSPS) is 16.1. The van der Waals surface area contributed by atoms with Crippen LogP contribution in [0.2, 0.25) is 0 Å². The van der Waals surface area contributed by atoms with Gasteiger partial charge in [0.25, 0.3) is 0 Å². The van der Waals surface area contributed by atoms with Gasteiger partial charge >= 0.3 is 12.1 Å². The minimum Gasteiger partial charge on any atom is -0.481 e. The lowest BCUT2D eigenvalue weighted by Gasteiger charge is -2.33. The van der Waals surface area contributed by atoms with E-state index in [0.29, 0.717) is 44.1 Å². The van der Waals surface area contributed by atoms with Gasteiger partial charge in [-0.05, 0) is 0 Å². The van der Waals surface area contributed by atoms with Crippen LogP contribution in [0.25, 0.3) is 0 Å². The first-order valence-corrected chi connectivity index (χ1v) is 7.77. The van der Waals surface area contributed by atoms with Crippen LogP contribution >= 0.6 is 11.3 Å². The highest BCUT2D eigenvalue weighted by atomic mass is 32.1. The lowest BCUT2D eigenvalue weighted by Crippen LogP contribution is -2.46. The lowest BCUT2D eigenvalue weighted by atomic mass is 10.3.